The molecule has 2 atom stereocenters. The summed E-state index contributed by atoms with van der Waals surface area (Å²) in [5.41, 5.74) is 0. The molecular formula is C73H125NO3. The normalized spacial score (nSPS) is 13.7. The summed E-state index contributed by atoms with van der Waals surface area (Å²) < 4.78 is 0. The van der Waals surface area contributed by atoms with Crippen LogP contribution in [0.3, 0.4) is 0 Å². The Morgan fingerprint density at radius 3 is 0.857 bits per heavy atom. The van der Waals surface area contributed by atoms with Crippen LogP contribution in [0.25, 0.3) is 0 Å². The number of unbranched alkanes of at least 4 members (excludes halogenated alkanes) is 32. The molecular weight excluding hydrogens is 939 g/mol. The van der Waals surface area contributed by atoms with Gasteiger partial charge in [-0.25, -0.2) is 0 Å². The number of aliphatic hydroxyl groups is 2. The van der Waals surface area contributed by atoms with Gasteiger partial charge in [-0.2, -0.15) is 0 Å². The number of carbonyl (C=O) groups is 1. The van der Waals surface area contributed by atoms with E-state index in [1.807, 2.05) is 6.08 Å². The molecule has 2 unspecified atom stereocenters. The first-order valence-corrected chi connectivity index (χ1v) is 32.9. The smallest absolute Gasteiger partial charge is 0.220 e. The third-order valence-corrected chi connectivity index (χ3v) is 14.4. The first-order valence-electron chi connectivity index (χ1n) is 32.9. The second-order valence-corrected chi connectivity index (χ2v) is 21.8. The third kappa shape index (κ3) is 63.2. The molecule has 1 amide bonds. The lowest BCUT2D eigenvalue weighted by atomic mass is 10.0. The minimum absolute atomic E-state index is 0.0907. The van der Waals surface area contributed by atoms with E-state index in [2.05, 4.69) is 141 Å². The Kier molecular flexibility index (Phi) is 63.8. The van der Waals surface area contributed by atoms with Crippen LogP contribution in [0.5, 0.6) is 0 Å². The molecule has 4 heteroatoms. The van der Waals surface area contributed by atoms with E-state index in [1.54, 1.807) is 6.08 Å². The summed E-state index contributed by atoms with van der Waals surface area (Å²) in [5, 5.41) is 23.2. The molecule has 0 rings (SSSR count). The highest BCUT2D eigenvalue weighted by molar-refractivity contribution is 5.76. The fourth-order valence-corrected chi connectivity index (χ4v) is 9.44. The average molecular weight is 1060 g/mol. The lowest BCUT2D eigenvalue weighted by molar-refractivity contribution is -0.123. The molecule has 0 fully saturated rings. The van der Waals surface area contributed by atoms with Crippen LogP contribution in [-0.2, 0) is 4.79 Å². The Hall–Kier alpha value is -3.47. The highest BCUT2D eigenvalue weighted by atomic mass is 16.3. The second-order valence-electron chi connectivity index (χ2n) is 21.8. The summed E-state index contributed by atoms with van der Waals surface area (Å²) in [6.07, 6.45) is 104. The van der Waals surface area contributed by atoms with Crippen molar-refractivity contribution in [1.29, 1.82) is 0 Å². The number of amides is 1. The van der Waals surface area contributed by atoms with E-state index in [-0.39, 0.29) is 12.5 Å². The number of aliphatic hydroxyl groups excluding tert-OH is 2. The lowest BCUT2D eigenvalue weighted by Crippen LogP contribution is -2.45. The van der Waals surface area contributed by atoms with Gasteiger partial charge in [0.25, 0.3) is 0 Å². The number of nitrogens with one attached hydrogen (secondary N) is 1. The minimum atomic E-state index is -0.862. The third-order valence-electron chi connectivity index (χ3n) is 14.4. The zero-order chi connectivity index (χ0) is 55.5. The lowest BCUT2D eigenvalue weighted by Gasteiger charge is -2.20. The van der Waals surface area contributed by atoms with Gasteiger partial charge in [-0.3, -0.25) is 4.79 Å². The molecule has 440 valence electrons. The molecule has 0 radical (unpaired) electrons. The molecule has 0 bridgehead atoms. The van der Waals surface area contributed by atoms with Gasteiger partial charge in [0.15, 0.2) is 0 Å². The summed E-state index contributed by atoms with van der Waals surface area (Å²) >= 11 is 0. The monoisotopic (exact) mass is 1060 g/mol. The van der Waals surface area contributed by atoms with Gasteiger partial charge < -0.3 is 15.5 Å². The van der Waals surface area contributed by atoms with Crippen molar-refractivity contribution in [1.82, 2.24) is 5.32 Å². The topological polar surface area (TPSA) is 69.6 Å². The second kappa shape index (κ2) is 66.8. The summed E-state index contributed by atoms with van der Waals surface area (Å²) in [6.45, 7) is 4.20. The van der Waals surface area contributed by atoms with E-state index in [4.69, 9.17) is 0 Å². The molecule has 0 aromatic rings. The molecule has 0 spiro atoms. The van der Waals surface area contributed by atoms with E-state index in [0.717, 1.165) is 109 Å². The predicted molar refractivity (Wildman–Crippen MR) is 345 cm³/mol. The molecule has 0 aliphatic carbocycles. The quantitative estimate of drug-likeness (QED) is 0.0420. The Labute approximate surface area is 479 Å². The largest absolute Gasteiger partial charge is 0.394 e. The van der Waals surface area contributed by atoms with Crippen molar-refractivity contribution >= 4 is 5.91 Å². The zero-order valence-corrected chi connectivity index (χ0v) is 50.7. The van der Waals surface area contributed by atoms with E-state index in [9.17, 15) is 15.0 Å². The van der Waals surface area contributed by atoms with Gasteiger partial charge in [-0.15, -0.1) is 0 Å². The van der Waals surface area contributed by atoms with Crippen molar-refractivity contribution in [3.63, 3.8) is 0 Å². The highest BCUT2D eigenvalue weighted by Gasteiger charge is 2.18. The van der Waals surface area contributed by atoms with Crippen LogP contribution in [0.1, 0.15) is 303 Å². The SMILES string of the molecule is CC/C=C\C/C=C\C/C=C\C/C=C\C/C=C\C/C=C\C/C=C\C/C=C\C/C=C\C/C=C\CCCCCCC(=O)NC(CO)C(O)/C=C/CCCCCCCCCCCCCCCCCCCCCCCCCCCCCC. The van der Waals surface area contributed by atoms with Crippen LogP contribution < -0.4 is 5.32 Å². The number of rotatable bonds is 59. The van der Waals surface area contributed by atoms with Crippen molar-refractivity contribution in [2.45, 2.75) is 315 Å². The number of carbonyl (C=O) groups excluding carboxylic acids is 1. The molecule has 3 N–H and O–H groups in total. The van der Waals surface area contributed by atoms with E-state index in [1.165, 1.54) is 173 Å². The Morgan fingerprint density at radius 1 is 0.325 bits per heavy atom. The predicted octanol–water partition coefficient (Wildman–Crippen LogP) is 22.5. The molecule has 0 aliphatic heterocycles. The molecule has 77 heavy (non-hydrogen) atoms. The van der Waals surface area contributed by atoms with E-state index in [0.29, 0.717) is 6.42 Å². The highest BCUT2D eigenvalue weighted by Crippen LogP contribution is 2.17. The number of allylic oxidation sites excluding steroid dienone is 21. The fourth-order valence-electron chi connectivity index (χ4n) is 9.44. The van der Waals surface area contributed by atoms with Gasteiger partial charge >= 0.3 is 0 Å². The standard InChI is InChI=1S/C73H125NO3/c1-3-5-7-9-11-13-15-17-19-21-23-25-27-29-31-33-35-36-37-38-39-41-43-45-47-49-51-53-55-57-59-61-63-65-67-69-73(77)74-71(70-75)72(76)68-66-64-62-60-58-56-54-52-50-48-46-44-42-40-34-32-30-28-26-24-22-20-18-16-14-12-10-8-6-4-2/h5,7,11,13,17,19,23,25,29,31,35-36,38-39,43,45,49,51,55,57,66,68,71-72,75-76H,3-4,6,8-10,12,14-16,18,20-22,24,26-28,30,32-34,37,40-42,44,46-48,50,52-54,56,58-65,67,69-70H2,1-2H3,(H,74,77)/b7-5-,13-11-,19-17-,25-23-,31-29-,36-35-,39-38-,45-43-,51-49-,57-55-,68-66+. The fraction of sp³-hybridized carbons (Fsp3) is 0.685. The molecule has 0 aromatic carbocycles. The summed E-state index contributed by atoms with van der Waals surface area (Å²) in [6, 6.07) is -0.648. The van der Waals surface area contributed by atoms with Crippen molar-refractivity contribution in [3.05, 3.63) is 134 Å². The van der Waals surface area contributed by atoms with Crippen LogP contribution >= 0.6 is 0 Å². The Morgan fingerprint density at radius 2 is 0.571 bits per heavy atom. The van der Waals surface area contributed by atoms with Crippen LogP contribution in [0.15, 0.2) is 134 Å². The first-order chi connectivity index (χ1) is 38.2. The first kappa shape index (κ1) is 73.5. The van der Waals surface area contributed by atoms with Crippen molar-refractivity contribution in [2.75, 3.05) is 6.61 Å². The van der Waals surface area contributed by atoms with E-state index >= 15 is 0 Å². The van der Waals surface area contributed by atoms with Crippen molar-refractivity contribution < 1.29 is 15.0 Å². The minimum Gasteiger partial charge on any atom is -0.394 e. The molecule has 0 aliphatic rings. The molecule has 0 saturated heterocycles. The zero-order valence-electron chi connectivity index (χ0n) is 50.7. The molecule has 0 aromatic heterocycles. The molecule has 4 nitrogen and oxygen atoms in total. The van der Waals surface area contributed by atoms with Crippen molar-refractivity contribution in [2.24, 2.45) is 0 Å². The Balaban J connectivity index is 3.61. The average Bonchev–Trinajstić information content (AvgIpc) is 3.43. The van der Waals surface area contributed by atoms with Crippen LogP contribution in [0.4, 0.5) is 0 Å². The van der Waals surface area contributed by atoms with Gasteiger partial charge in [-0.1, -0.05) is 334 Å². The summed E-state index contributed by atoms with van der Waals surface area (Å²) in [4.78, 5) is 12.5. The number of hydrogen-bond donors (Lipinski definition) is 3. The summed E-state index contributed by atoms with van der Waals surface area (Å²) in [7, 11) is 0. The van der Waals surface area contributed by atoms with Crippen LogP contribution in [-0.4, -0.2) is 34.9 Å². The van der Waals surface area contributed by atoms with Crippen LogP contribution in [0, 0.1) is 0 Å². The Bertz CT molecular complexity index is 1540. The van der Waals surface area contributed by atoms with Crippen LogP contribution in [0.2, 0.25) is 0 Å². The number of hydrogen-bond acceptors (Lipinski definition) is 3. The maximum Gasteiger partial charge on any atom is 0.220 e. The molecule has 0 heterocycles. The van der Waals surface area contributed by atoms with Gasteiger partial charge in [0.05, 0.1) is 18.8 Å². The molecule has 0 saturated carbocycles. The van der Waals surface area contributed by atoms with Gasteiger partial charge in [0.2, 0.25) is 5.91 Å². The van der Waals surface area contributed by atoms with Gasteiger partial charge in [0, 0.05) is 6.42 Å². The maximum absolute atomic E-state index is 12.5. The van der Waals surface area contributed by atoms with Gasteiger partial charge in [0.1, 0.15) is 0 Å². The summed E-state index contributed by atoms with van der Waals surface area (Å²) in [5.74, 6) is -0.0907. The maximum atomic E-state index is 12.5. The van der Waals surface area contributed by atoms with Crippen molar-refractivity contribution in [3.8, 4) is 0 Å². The van der Waals surface area contributed by atoms with E-state index < -0.39 is 12.1 Å². The van der Waals surface area contributed by atoms with Gasteiger partial charge in [-0.05, 0) is 96.3 Å².